The molecule has 0 aliphatic carbocycles. The van der Waals surface area contributed by atoms with Crippen molar-refractivity contribution < 1.29 is 8.42 Å². The van der Waals surface area contributed by atoms with Gasteiger partial charge in [-0.05, 0) is 60.2 Å². The molecule has 6 aromatic rings. The van der Waals surface area contributed by atoms with Crippen molar-refractivity contribution in [1.29, 1.82) is 0 Å². The standard InChI is InChI=1S/C29H23N5O2S/c1-20-6-14-26(15-7-20)37(35,36)33-25-12-10-24(11-13-25)31-28-29-32-27(19-34(29)17-16-30-28)23-9-8-21-4-2-3-5-22(21)18-23/h2-19,33H,1H3,(H,30,31). The lowest BCUT2D eigenvalue weighted by atomic mass is 10.1. The minimum Gasteiger partial charge on any atom is -0.337 e. The lowest BCUT2D eigenvalue weighted by Crippen LogP contribution is -2.12. The van der Waals surface area contributed by atoms with Crippen molar-refractivity contribution in [3.05, 3.63) is 115 Å². The first-order valence-electron chi connectivity index (χ1n) is 11.7. The van der Waals surface area contributed by atoms with Crippen LogP contribution in [0.1, 0.15) is 5.56 Å². The van der Waals surface area contributed by atoms with Gasteiger partial charge in [-0.25, -0.2) is 18.4 Å². The van der Waals surface area contributed by atoms with E-state index >= 15 is 0 Å². The predicted molar refractivity (Wildman–Crippen MR) is 148 cm³/mol. The summed E-state index contributed by atoms with van der Waals surface area (Å²) in [4.78, 5) is 9.54. The monoisotopic (exact) mass is 505 g/mol. The van der Waals surface area contributed by atoms with Crippen LogP contribution in [0.4, 0.5) is 17.2 Å². The number of hydrogen-bond donors (Lipinski definition) is 2. The molecule has 0 bridgehead atoms. The van der Waals surface area contributed by atoms with E-state index in [2.05, 4.69) is 45.4 Å². The maximum Gasteiger partial charge on any atom is 0.261 e. The minimum atomic E-state index is -3.66. The number of nitrogens with zero attached hydrogens (tertiary/aromatic N) is 3. The van der Waals surface area contributed by atoms with E-state index < -0.39 is 10.0 Å². The van der Waals surface area contributed by atoms with E-state index in [0.29, 0.717) is 17.2 Å². The molecule has 37 heavy (non-hydrogen) atoms. The van der Waals surface area contributed by atoms with Crippen molar-refractivity contribution in [3.8, 4) is 11.3 Å². The van der Waals surface area contributed by atoms with E-state index in [0.717, 1.165) is 27.9 Å². The fourth-order valence-corrected chi connectivity index (χ4v) is 5.24. The summed E-state index contributed by atoms with van der Waals surface area (Å²) in [6, 6.07) is 28.3. The molecule has 0 radical (unpaired) electrons. The average molecular weight is 506 g/mol. The van der Waals surface area contributed by atoms with Gasteiger partial charge >= 0.3 is 0 Å². The number of nitrogens with one attached hydrogen (secondary N) is 2. The van der Waals surface area contributed by atoms with Crippen LogP contribution < -0.4 is 10.0 Å². The van der Waals surface area contributed by atoms with E-state index in [1.54, 1.807) is 54.7 Å². The van der Waals surface area contributed by atoms with Crippen molar-refractivity contribution >= 4 is 43.6 Å². The van der Waals surface area contributed by atoms with Crippen LogP contribution in [-0.2, 0) is 10.0 Å². The third-order valence-electron chi connectivity index (χ3n) is 6.15. The summed E-state index contributed by atoms with van der Waals surface area (Å²) in [5, 5.41) is 5.64. The van der Waals surface area contributed by atoms with Crippen LogP contribution in [0.25, 0.3) is 27.7 Å². The maximum absolute atomic E-state index is 12.7. The fourth-order valence-electron chi connectivity index (χ4n) is 4.19. The lowest BCUT2D eigenvalue weighted by Gasteiger charge is -2.10. The number of anilines is 3. The summed E-state index contributed by atoms with van der Waals surface area (Å²) in [5.74, 6) is 0.600. The second kappa shape index (κ2) is 9.07. The summed E-state index contributed by atoms with van der Waals surface area (Å²) in [6.07, 6.45) is 5.56. The largest absolute Gasteiger partial charge is 0.337 e. The number of aromatic nitrogens is 3. The third-order valence-corrected chi connectivity index (χ3v) is 7.55. The molecule has 2 aromatic heterocycles. The molecule has 0 saturated carbocycles. The highest BCUT2D eigenvalue weighted by atomic mass is 32.2. The van der Waals surface area contributed by atoms with E-state index in [1.165, 1.54) is 5.39 Å². The second-order valence-corrected chi connectivity index (χ2v) is 10.5. The molecule has 0 amide bonds. The molecule has 0 unspecified atom stereocenters. The van der Waals surface area contributed by atoms with Crippen molar-refractivity contribution in [1.82, 2.24) is 14.4 Å². The first-order valence-corrected chi connectivity index (χ1v) is 13.2. The molecular weight excluding hydrogens is 482 g/mol. The average Bonchev–Trinajstić information content (AvgIpc) is 3.35. The van der Waals surface area contributed by atoms with Gasteiger partial charge in [0.2, 0.25) is 0 Å². The van der Waals surface area contributed by atoms with Crippen molar-refractivity contribution in [3.63, 3.8) is 0 Å². The highest BCUT2D eigenvalue weighted by molar-refractivity contribution is 7.92. The van der Waals surface area contributed by atoms with Crippen LogP contribution >= 0.6 is 0 Å². The van der Waals surface area contributed by atoms with Gasteiger partial charge in [0.25, 0.3) is 10.0 Å². The molecule has 2 N–H and O–H groups in total. The number of sulfonamides is 1. The fraction of sp³-hybridized carbons (Fsp3) is 0.0345. The van der Waals surface area contributed by atoms with Crippen LogP contribution in [0.2, 0.25) is 0 Å². The van der Waals surface area contributed by atoms with E-state index in [9.17, 15) is 8.42 Å². The molecule has 0 spiro atoms. The lowest BCUT2D eigenvalue weighted by molar-refractivity contribution is 0.601. The Balaban J connectivity index is 1.24. The molecular formula is C29H23N5O2S. The molecule has 4 aromatic carbocycles. The molecule has 182 valence electrons. The van der Waals surface area contributed by atoms with Crippen molar-refractivity contribution in [2.45, 2.75) is 11.8 Å². The molecule has 0 aliphatic rings. The zero-order valence-electron chi connectivity index (χ0n) is 20.0. The third kappa shape index (κ3) is 4.62. The number of aryl methyl sites for hydroxylation is 1. The van der Waals surface area contributed by atoms with Gasteiger partial charge in [-0.3, -0.25) is 4.72 Å². The molecule has 8 heteroatoms. The summed E-state index contributed by atoms with van der Waals surface area (Å²) in [5.41, 5.74) is 4.79. The highest BCUT2D eigenvalue weighted by Crippen LogP contribution is 2.27. The smallest absolute Gasteiger partial charge is 0.261 e. The number of benzene rings is 4. The minimum absolute atomic E-state index is 0.220. The Kier molecular flexibility index (Phi) is 5.58. The Labute approximate surface area is 214 Å². The SMILES string of the molecule is Cc1ccc(S(=O)(=O)Nc2ccc(Nc3nccn4cc(-c5ccc6ccccc6c5)nc34)cc2)cc1. The Morgan fingerprint density at radius 3 is 2.32 bits per heavy atom. The Bertz CT molecular complexity index is 1840. The normalized spacial score (nSPS) is 11.6. The first kappa shape index (κ1) is 22.8. The van der Waals surface area contributed by atoms with E-state index in [-0.39, 0.29) is 4.90 Å². The van der Waals surface area contributed by atoms with Gasteiger partial charge in [0.1, 0.15) is 0 Å². The van der Waals surface area contributed by atoms with Crippen LogP contribution in [0, 0.1) is 6.92 Å². The molecule has 0 atom stereocenters. The second-order valence-electron chi connectivity index (χ2n) is 8.82. The molecule has 0 fully saturated rings. The molecule has 0 aliphatic heterocycles. The summed E-state index contributed by atoms with van der Waals surface area (Å²) in [6.45, 7) is 1.92. The quantitative estimate of drug-likeness (QED) is 0.273. The zero-order valence-corrected chi connectivity index (χ0v) is 20.8. The van der Waals surface area contributed by atoms with Crippen LogP contribution in [0.5, 0.6) is 0 Å². The van der Waals surface area contributed by atoms with Gasteiger partial charge in [-0.1, -0.05) is 54.1 Å². The predicted octanol–water partition coefficient (Wildman–Crippen LogP) is 6.40. The molecule has 6 rings (SSSR count). The van der Waals surface area contributed by atoms with Crippen LogP contribution in [-0.4, -0.2) is 22.8 Å². The van der Waals surface area contributed by atoms with Gasteiger partial charge < -0.3 is 9.72 Å². The van der Waals surface area contributed by atoms with E-state index in [1.807, 2.05) is 35.9 Å². The summed E-state index contributed by atoms with van der Waals surface area (Å²) >= 11 is 0. The van der Waals surface area contributed by atoms with Crippen molar-refractivity contribution in [2.24, 2.45) is 0 Å². The van der Waals surface area contributed by atoms with Crippen molar-refractivity contribution in [2.75, 3.05) is 10.0 Å². The van der Waals surface area contributed by atoms with Crippen LogP contribution in [0.3, 0.4) is 0 Å². The molecule has 2 heterocycles. The summed E-state index contributed by atoms with van der Waals surface area (Å²) < 4.78 is 29.9. The Hall–Kier alpha value is -4.69. The Morgan fingerprint density at radius 2 is 1.54 bits per heavy atom. The topological polar surface area (TPSA) is 88.4 Å². The molecule has 7 nitrogen and oxygen atoms in total. The highest BCUT2D eigenvalue weighted by Gasteiger charge is 2.14. The van der Waals surface area contributed by atoms with Gasteiger partial charge in [0.05, 0.1) is 10.6 Å². The number of fused-ring (bicyclic) bond motifs is 2. The zero-order chi connectivity index (χ0) is 25.4. The first-order chi connectivity index (χ1) is 17.9. The molecule has 0 saturated heterocycles. The Morgan fingerprint density at radius 1 is 0.811 bits per heavy atom. The number of rotatable bonds is 6. The van der Waals surface area contributed by atoms with Gasteiger partial charge in [0.15, 0.2) is 11.5 Å². The summed E-state index contributed by atoms with van der Waals surface area (Å²) in [7, 11) is -3.66. The maximum atomic E-state index is 12.7. The van der Waals surface area contributed by atoms with E-state index in [4.69, 9.17) is 4.98 Å². The van der Waals surface area contributed by atoms with Gasteiger partial charge in [0, 0.05) is 35.5 Å². The van der Waals surface area contributed by atoms with Gasteiger partial charge in [-0.2, -0.15) is 0 Å². The van der Waals surface area contributed by atoms with Crippen LogP contribution in [0.15, 0.2) is 114 Å². The van der Waals surface area contributed by atoms with Gasteiger partial charge in [-0.15, -0.1) is 0 Å². The number of imidazole rings is 1. The number of hydrogen-bond acceptors (Lipinski definition) is 5.